The summed E-state index contributed by atoms with van der Waals surface area (Å²) in [5, 5.41) is 7.00. The van der Waals surface area contributed by atoms with Crippen molar-refractivity contribution < 1.29 is 9.26 Å². The summed E-state index contributed by atoms with van der Waals surface area (Å²) in [7, 11) is 0. The molecule has 0 saturated heterocycles. The van der Waals surface area contributed by atoms with E-state index >= 15 is 0 Å². The van der Waals surface area contributed by atoms with E-state index in [1.807, 2.05) is 61.5 Å². The predicted octanol–water partition coefficient (Wildman–Crippen LogP) is 3.54. The zero-order valence-electron chi connectivity index (χ0n) is 12.3. The van der Waals surface area contributed by atoms with Gasteiger partial charge >= 0.3 is 6.01 Å². The van der Waals surface area contributed by atoms with Gasteiger partial charge in [0.2, 0.25) is 5.82 Å². The molecule has 5 nitrogen and oxygen atoms in total. The van der Waals surface area contributed by atoms with Gasteiger partial charge in [0.05, 0.1) is 6.54 Å². The third-order valence-electron chi connectivity index (χ3n) is 3.09. The van der Waals surface area contributed by atoms with Crippen LogP contribution in [0.15, 0.2) is 59.1 Å². The van der Waals surface area contributed by atoms with Crippen LogP contribution in [0, 0.1) is 6.92 Å². The number of hydrogen-bond donors (Lipinski definition) is 1. The van der Waals surface area contributed by atoms with Gasteiger partial charge in [-0.25, -0.2) is 0 Å². The molecule has 0 radical (unpaired) electrons. The van der Waals surface area contributed by atoms with Crippen LogP contribution in [0.25, 0.3) is 11.4 Å². The van der Waals surface area contributed by atoms with Crippen LogP contribution in [-0.4, -0.2) is 23.3 Å². The van der Waals surface area contributed by atoms with Crippen LogP contribution in [0.1, 0.15) is 5.56 Å². The summed E-state index contributed by atoms with van der Waals surface area (Å²) in [6.45, 7) is 3.14. The van der Waals surface area contributed by atoms with Gasteiger partial charge in [-0.05, 0) is 24.6 Å². The normalized spacial score (nSPS) is 10.4. The second kappa shape index (κ2) is 6.76. The minimum Gasteiger partial charge on any atom is -0.492 e. The maximum absolute atomic E-state index is 5.65. The molecule has 0 saturated carbocycles. The monoisotopic (exact) mass is 295 g/mol. The van der Waals surface area contributed by atoms with E-state index in [4.69, 9.17) is 9.26 Å². The third kappa shape index (κ3) is 3.63. The highest BCUT2D eigenvalue weighted by Crippen LogP contribution is 2.16. The van der Waals surface area contributed by atoms with Crippen molar-refractivity contribution in [3.63, 3.8) is 0 Å². The van der Waals surface area contributed by atoms with Crippen molar-refractivity contribution >= 4 is 6.01 Å². The fraction of sp³-hybridized carbons (Fsp3) is 0.176. The minimum atomic E-state index is 0.395. The van der Waals surface area contributed by atoms with E-state index in [1.54, 1.807) is 0 Å². The molecule has 3 aromatic rings. The fourth-order valence-electron chi connectivity index (χ4n) is 2.03. The van der Waals surface area contributed by atoms with E-state index < -0.39 is 0 Å². The van der Waals surface area contributed by atoms with Gasteiger partial charge < -0.3 is 14.6 Å². The van der Waals surface area contributed by atoms with Crippen molar-refractivity contribution in [2.75, 3.05) is 18.5 Å². The Balaban J connectivity index is 1.49. The van der Waals surface area contributed by atoms with Gasteiger partial charge in [-0.2, -0.15) is 4.98 Å². The van der Waals surface area contributed by atoms with E-state index in [2.05, 4.69) is 15.5 Å². The number of ether oxygens (including phenoxy) is 1. The molecule has 0 aliphatic heterocycles. The van der Waals surface area contributed by atoms with E-state index in [0.29, 0.717) is 25.0 Å². The summed E-state index contributed by atoms with van der Waals surface area (Å²) in [5.74, 6) is 1.43. The summed E-state index contributed by atoms with van der Waals surface area (Å²) in [5.41, 5.74) is 2.10. The molecule has 0 spiro atoms. The topological polar surface area (TPSA) is 60.2 Å². The Labute approximate surface area is 128 Å². The second-order valence-electron chi connectivity index (χ2n) is 4.88. The Hall–Kier alpha value is -2.82. The Morgan fingerprint density at radius 3 is 2.77 bits per heavy atom. The highest BCUT2D eigenvalue weighted by molar-refractivity contribution is 5.54. The highest BCUT2D eigenvalue weighted by atomic mass is 16.5. The van der Waals surface area contributed by atoms with Gasteiger partial charge in [0.15, 0.2) is 0 Å². The molecule has 0 aliphatic carbocycles. The maximum atomic E-state index is 5.65. The highest BCUT2D eigenvalue weighted by Gasteiger charge is 2.07. The molecule has 1 heterocycles. The minimum absolute atomic E-state index is 0.395. The van der Waals surface area contributed by atoms with E-state index in [-0.39, 0.29) is 0 Å². The SMILES string of the molecule is Cc1cccc(OCCNc2nc(-c3ccccc3)no2)c1. The third-order valence-corrected chi connectivity index (χ3v) is 3.09. The van der Waals surface area contributed by atoms with Crippen LogP contribution in [0.2, 0.25) is 0 Å². The molecule has 0 unspecified atom stereocenters. The molecular weight excluding hydrogens is 278 g/mol. The molecule has 0 fully saturated rings. The first-order chi connectivity index (χ1) is 10.8. The number of rotatable bonds is 6. The lowest BCUT2D eigenvalue weighted by molar-refractivity contribution is 0.329. The molecule has 0 bridgehead atoms. The number of aryl methyl sites for hydroxylation is 1. The summed E-state index contributed by atoms with van der Waals surface area (Å²) in [4.78, 5) is 4.29. The Morgan fingerprint density at radius 1 is 1.09 bits per heavy atom. The summed E-state index contributed by atoms with van der Waals surface area (Å²) in [6.07, 6.45) is 0. The molecule has 2 aromatic carbocycles. The number of hydrogen-bond acceptors (Lipinski definition) is 5. The molecule has 1 aromatic heterocycles. The first-order valence-electron chi connectivity index (χ1n) is 7.14. The summed E-state index contributed by atoms with van der Waals surface area (Å²) >= 11 is 0. The van der Waals surface area contributed by atoms with Crippen molar-refractivity contribution in [2.24, 2.45) is 0 Å². The van der Waals surface area contributed by atoms with Crippen LogP contribution in [-0.2, 0) is 0 Å². The van der Waals surface area contributed by atoms with Crippen LogP contribution >= 0.6 is 0 Å². The van der Waals surface area contributed by atoms with Crippen LogP contribution < -0.4 is 10.1 Å². The first kappa shape index (κ1) is 14.1. The number of aromatic nitrogens is 2. The fourth-order valence-corrected chi connectivity index (χ4v) is 2.03. The number of nitrogens with zero attached hydrogens (tertiary/aromatic N) is 2. The molecule has 3 rings (SSSR count). The van der Waals surface area contributed by atoms with Crippen molar-refractivity contribution in [1.29, 1.82) is 0 Å². The van der Waals surface area contributed by atoms with Crippen molar-refractivity contribution in [3.8, 4) is 17.1 Å². The van der Waals surface area contributed by atoms with Gasteiger partial charge in [-0.3, -0.25) is 0 Å². The summed E-state index contributed by atoms with van der Waals surface area (Å²) < 4.78 is 10.8. The Bertz CT molecular complexity index is 726. The average molecular weight is 295 g/mol. The molecule has 0 aliphatic rings. The van der Waals surface area contributed by atoms with Gasteiger partial charge in [0, 0.05) is 5.56 Å². The maximum Gasteiger partial charge on any atom is 0.321 e. The molecule has 1 N–H and O–H groups in total. The number of anilines is 1. The lowest BCUT2D eigenvalue weighted by Gasteiger charge is -2.06. The number of benzene rings is 2. The number of nitrogens with one attached hydrogen (secondary N) is 1. The molecule has 0 atom stereocenters. The lowest BCUT2D eigenvalue weighted by Crippen LogP contribution is -2.11. The van der Waals surface area contributed by atoms with Crippen LogP contribution in [0.5, 0.6) is 5.75 Å². The van der Waals surface area contributed by atoms with Gasteiger partial charge in [-0.15, -0.1) is 0 Å². The lowest BCUT2D eigenvalue weighted by atomic mass is 10.2. The van der Waals surface area contributed by atoms with Crippen molar-refractivity contribution in [3.05, 3.63) is 60.2 Å². The molecule has 22 heavy (non-hydrogen) atoms. The average Bonchev–Trinajstić information content (AvgIpc) is 3.01. The molecular formula is C17H17N3O2. The first-order valence-corrected chi connectivity index (χ1v) is 7.14. The van der Waals surface area contributed by atoms with Crippen molar-refractivity contribution in [2.45, 2.75) is 6.92 Å². The Kier molecular flexibility index (Phi) is 4.34. The zero-order valence-corrected chi connectivity index (χ0v) is 12.3. The molecule has 0 amide bonds. The van der Waals surface area contributed by atoms with Gasteiger partial charge in [0.25, 0.3) is 0 Å². The van der Waals surface area contributed by atoms with Crippen molar-refractivity contribution in [1.82, 2.24) is 10.1 Å². The van der Waals surface area contributed by atoms with E-state index in [0.717, 1.165) is 11.3 Å². The van der Waals surface area contributed by atoms with E-state index in [1.165, 1.54) is 5.56 Å². The van der Waals surface area contributed by atoms with Crippen LogP contribution in [0.3, 0.4) is 0 Å². The van der Waals surface area contributed by atoms with E-state index in [9.17, 15) is 0 Å². The standard InChI is InChI=1S/C17H17N3O2/c1-13-6-5-9-15(12-13)21-11-10-18-17-19-16(20-22-17)14-7-3-2-4-8-14/h2-9,12H,10-11H2,1H3,(H,18,19,20). The summed E-state index contributed by atoms with van der Waals surface area (Å²) in [6, 6.07) is 18.1. The van der Waals surface area contributed by atoms with Crippen LogP contribution in [0.4, 0.5) is 6.01 Å². The smallest absolute Gasteiger partial charge is 0.321 e. The Morgan fingerprint density at radius 2 is 1.95 bits per heavy atom. The largest absolute Gasteiger partial charge is 0.492 e. The zero-order chi connectivity index (χ0) is 15.2. The predicted molar refractivity (Wildman–Crippen MR) is 84.9 cm³/mol. The van der Waals surface area contributed by atoms with Gasteiger partial charge in [0.1, 0.15) is 12.4 Å². The quantitative estimate of drug-likeness (QED) is 0.705. The second-order valence-corrected chi connectivity index (χ2v) is 4.88. The van der Waals surface area contributed by atoms with Gasteiger partial charge in [-0.1, -0.05) is 47.6 Å². The molecule has 112 valence electrons. The molecule has 5 heteroatoms.